The van der Waals surface area contributed by atoms with Crippen molar-refractivity contribution in [2.24, 2.45) is 35.0 Å². The lowest BCUT2D eigenvalue weighted by atomic mass is 9.84. The Morgan fingerprint density at radius 3 is 2.56 bits per heavy atom. The number of aryl methyl sites for hydroxylation is 1. The molecule has 2 amide bonds. The summed E-state index contributed by atoms with van der Waals surface area (Å²) in [7, 11) is 3.82. The molecule has 4 aromatic rings. The lowest BCUT2D eigenvalue weighted by molar-refractivity contribution is -0.156. The van der Waals surface area contributed by atoms with E-state index in [-0.39, 0.29) is 49.3 Å². The highest BCUT2D eigenvalue weighted by molar-refractivity contribution is 7.10. The number of rotatable bonds is 7. The second-order valence-electron chi connectivity index (χ2n) is 19.0. The molecule has 0 radical (unpaired) electrons. The van der Waals surface area contributed by atoms with Crippen molar-refractivity contribution in [3.05, 3.63) is 52.1 Å². The van der Waals surface area contributed by atoms with Crippen LogP contribution in [-0.4, -0.2) is 114 Å². The molecule has 2 saturated heterocycles. The maximum atomic E-state index is 15.4. The number of ether oxygens (including phenoxy) is 2. The first kappa shape index (κ1) is 42.8. The van der Waals surface area contributed by atoms with E-state index in [0.29, 0.717) is 18.0 Å². The average Bonchev–Trinajstić information content (AvgIpc) is 3.82. The first-order valence-electron chi connectivity index (χ1n) is 22.0. The molecule has 13 nitrogen and oxygen atoms in total. The van der Waals surface area contributed by atoms with Crippen LogP contribution in [0.2, 0.25) is 0 Å². The van der Waals surface area contributed by atoms with Crippen LogP contribution in [-0.2, 0) is 43.2 Å². The van der Waals surface area contributed by atoms with Crippen LogP contribution in [0.4, 0.5) is 14.5 Å². The highest BCUT2D eigenvalue weighted by Gasteiger charge is 2.75. The maximum Gasteiger partial charge on any atom is 0.325 e. The van der Waals surface area contributed by atoms with Gasteiger partial charge in [0.15, 0.2) is 0 Å². The second kappa shape index (κ2) is 15.9. The zero-order valence-corrected chi connectivity index (χ0v) is 37.7. The molecule has 2 saturated carbocycles. The number of halogens is 2. The molecule has 6 bridgehead atoms. The number of methoxy groups -OCH3 is 1. The van der Waals surface area contributed by atoms with Crippen LogP contribution in [0, 0.1) is 35.0 Å². The smallest absolute Gasteiger partial charge is 0.325 e. The van der Waals surface area contributed by atoms with Gasteiger partial charge in [0, 0.05) is 91.5 Å². The molecular weight excluding hydrogens is 815 g/mol. The molecule has 0 spiro atoms. The quantitative estimate of drug-likeness (QED) is 0.215. The number of cyclic esters (lactones) is 1. The number of aromatic nitrogens is 3. The Morgan fingerprint density at radius 1 is 1.13 bits per heavy atom. The fourth-order valence-corrected chi connectivity index (χ4v) is 10.9. The molecule has 332 valence electrons. The Hall–Kier alpha value is -4.51. The number of alkyl halides is 2. The highest BCUT2D eigenvalue weighted by Crippen LogP contribution is 2.59. The number of hydrogen-bond acceptors (Lipinski definition) is 11. The number of hydrazine groups is 1. The van der Waals surface area contributed by atoms with Gasteiger partial charge in [-0.15, -0.1) is 11.3 Å². The van der Waals surface area contributed by atoms with E-state index in [1.807, 2.05) is 46.2 Å². The van der Waals surface area contributed by atoms with Crippen LogP contribution >= 0.6 is 11.3 Å². The maximum absolute atomic E-state index is 15.4. The number of benzene rings is 1. The number of nitrogens with zero attached hydrogens (tertiary/aromatic N) is 6. The van der Waals surface area contributed by atoms with Crippen LogP contribution < -0.4 is 15.6 Å². The fourth-order valence-electron chi connectivity index (χ4n) is 10.1. The third kappa shape index (κ3) is 7.57. The van der Waals surface area contributed by atoms with Gasteiger partial charge in [0.05, 0.1) is 58.5 Å². The Morgan fingerprint density at radius 2 is 1.87 bits per heavy atom. The van der Waals surface area contributed by atoms with Crippen LogP contribution in [0.15, 0.2) is 35.8 Å². The van der Waals surface area contributed by atoms with Gasteiger partial charge in [-0.25, -0.2) is 19.2 Å². The van der Waals surface area contributed by atoms with Crippen molar-refractivity contribution in [3.63, 3.8) is 0 Å². The van der Waals surface area contributed by atoms with Crippen molar-refractivity contribution in [1.29, 1.82) is 0 Å². The summed E-state index contributed by atoms with van der Waals surface area (Å²) in [6.07, 6.45) is 2.15. The molecule has 2 aliphatic carbocycles. The summed E-state index contributed by atoms with van der Waals surface area (Å²) >= 11 is 1.38. The number of esters is 1. The summed E-state index contributed by atoms with van der Waals surface area (Å²) < 4.78 is 45.1. The average molecular weight is 873 g/mol. The minimum atomic E-state index is -3.17. The predicted molar refractivity (Wildman–Crippen MR) is 234 cm³/mol. The zero-order valence-electron chi connectivity index (χ0n) is 36.8. The lowest BCUT2D eigenvalue weighted by Gasteiger charge is -2.34. The summed E-state index contributed by atoms with van der Waals surface area (Å²) in [4.78, 5) is 56.7. The summed E-state index contributed by atoms with van der Waals surface area (Å²) in [5.41, 5.74) is 9.63. The summed E-state index contributed by atoms with van der Waals surface area (Å²) in [5.74, 6) is -7.32. The number of pyridine rings is 1. The number of carbonyl (C=O) groups excluding carboxylic acids is 3. The molecule has 8 atom stereocenters. The van der Waals surface area contributed by atoms with Gasteiger partial charge in [-0.05, 0) is 62.9 Å². The third-order valence-corrected chi connectivity index (χ3v) is 15.2. The minimum absolute atomic E-state index is 0.0532. The van der Waals surface area contributed by atoms with Gasteiger partial charge in [-0.2, -0.15) is 0 Å². The van der Waals surface area contributed by atoms with Crippen LogP contribution in [0.25, 0.3) is 33.4 Å². The molecule has 1 unspecified atom stereocenters. The van der Waals surface area contributed by atoms with E-state index < -0.39 is 47.1 Å². The second-order valence-corrected chi connectivity index (χ2v) is 20.0. The summed E-state index contributed by atoms with van der Waals surface area (Å²) in [5, 5.41) is 7.63. The first-order chi connectivity index (χ1) is 29.5. The third-order valence-electron chi connectivity index (χ3n) is 14.3. The van der Waals surface area contributed by atoms with Crippen molar-refractivity contribution in [3.8, 4) is 22.5 Å². The van der Waals surface area contributed by atoms with Crippen LogP contribution in [0.3, 0.4) is 0 Å². The van der Waals surface area contributed by atoms with E-state index in [0.717, 1.165) is 81.6 Å². The molecular formula is C46H58F2N8O5S. The molecule has 3 aromatic heterocycles. The van der Waals surface area contributed by atoms with E-state index in [1.165, 1.54) is 11.3 Å². The molecule has 1 aromatic carbocycles. The normalized spacial score (nSPS) is 28.8. The van der Waals surface area contributed by atoms with E-state index in [9.17, 15) is 14.4 Å². The van der Waals surface area contributed by atoms with Gasteiger partial charge in [-0.3, -0.25) is 24.4 Å². The number of fused-ring (bicyclic) bond motifs is 8. The standard InChI is InChI=1S/C46H58F2N8O5S/c1-9-55-35-11-10-27-16-29(35)31(41(55)30-17-28(20-49-39(30)26(4)60-8)54-14-12-53(7)13-15-54)19-45(5,6)23-61-44(59)40-38-32(46(38,47)48)21-56(52-40)43(58)33(18-36-50-34(27)22-62-36)51-42(57)37-24(2)25(37)3/h10-11,16-17,20,22,24-26,32-33,37-38,40,52H,9,12-15,18-19,21,23H2,1-8H3,(H,51,57)/t24-,25+,26-,32-,33-,37?,38-,40-/m0/s1. The van der Waals surface area contributed by atoms with Crippen molar-refractivity contribution < 1.29 is 32.6 Å². The number of thiazole rings is 1. The molecule has 4 fully saturated rings. The van der Waals surface area contributed by atoms with Crippen molar-refractivity contribution in [2.75, 3.05) is 58.4 Å². The van der Waals surface area contributed by atoms with Crippen LogP contribution in [0.1, 0.15) is 63.9 Å². The number of likely N-dealkylation sites (N-methyl/N-ethyl adjacent to an activating group) is 1. The van der Waals surface area contributed by atoms with Crippen molar-refractivity contribution in [1.82, 2.24) is 35.2 Å². The largest absolute Gasteiger partial charge is 0.464 e. The number of anilines is 1. The van der Waals surface area contributed by atoms with E-state index >= 15 is 8.78 Å². The fraction of sp³-hybridized carbons (Fsp3) is 0.587. The Labute approximate surface area is 365 Å². The van der Waals surface area contributed by atoms with Crippen LogP contribution in [0.5, 0.6) is 0 Å². The summed E-state index contributed by atoms with van der Waals surface area (Å²) in [6, 6.07) is 6.04. The Balaban J connectivity index is 1.18. The monoisotopic (exact) mass is 872 g/mol. The molecule has 3 aliphatic heterocycles. The van der Waals surface area contributed by atoms with Gasteiger partial charge in [0.2, 0.25) is 5.91 Å². The Kier molecular flexibility index (Phi) is 11.0. The SMILES string of the molecule is CCn1c(-c2cc(N3CCN(C)CC3)cnc2[C@H](C)OC)c2c3cc(ccc31)-c1csc(n1)C[C@H](NC(=O)C1[C@@H](C)[C@H]1C)C(=O)N1C[C@H]3[C@@H]([C@H](N1)C(=O)OCC(C)(C)C2)C3(F)F. The van der Waals surface area contributed by atoms with Gasteiger partial charge in [0.1, 0.15) is 12.1 Å². The molecule has 5 aliphatic rings. The first-order valence-corrected chi connectivity index (χ1v) is 22.9. The van der Waals surface area contributed by atoms with Gasteiger partial charge < -0.3 is 29.2 Å². The van der Waals surface area contributed by atoms with E-state index in [1.54, 1.807) is 7.11 Å². The molecule has 9 rings (SSSR count). The molecule has 62 heavy (non-hydrogen) atoms. The highest BCUT2D eigenvalue weighted by atomic mass is 32.1. The molecule has 16 heteroatoms. The predicted octanol–water partition coefficient (Wildman–Crippen LogP) is 5.96. The van der Waals surface area contributed by atoms with E-state index in [2.05, 4.69) is 63.3 Å². The number of hydrogen-bond donors (Lipinski definition) is 2. The van der Waals surface area contributed by atoms with Crippen molar-refractivity contribution >= 4 is 45.7 Å². The van der Waals surface area contributed by atoms with Gasteiger partial charge in [-0.1, -0.05) is 33.8 Å². The van der Waals surface area contributed by atoms with E-state index in [4.69, 9.17) is 19.4 Å². The number of nitrogens with one attached hydrogen (secondary N) is 2. The topological polar surface area (TPSA) is 134 Å². The van der Waals surface area contributed by atoms with Gasteiger partial charge in [0.25, 0.3) is 11.8 Å². The number of piperazine rings is 1. The minimum Gasteiger partial charge on any atom is -0.464 e. The molecule has 6 heterocycles. The lowest BCUT2D eigenvalue weighted by Crippen LogP contribution is -2.61. The number of carbonyl (C=O) groups is 3. The summed E-state index contributed by atoms with van der Waals surface area (Å²) in [6.45, 7) is 16.1. The zero-order chi connectivity index (χ0) is 44.0. The Bertz CT molecular complexity index is 2400. The molecule has 2 N–H and O–H groups in total. The van der Waals surface area contributed by atoms with Crippen molar-refractivity contribution in [2.45, 2.75) is 85.0 Å². The number of amides is 2. The van der Waals surface area contributed by atoms with Gasteiger partial charge >= 0.3 is 5.97 Å².